The summed E-state index contributed by atoms with van der Waals surface area (Å²) >= 11 is 3.57. The van der Waals surface area contributed by atoms with Crippen molar-refractivity contribution in [1.82, 2.24) is 0 Å². The van der Waals surface area contributed by atoms with Crippen LogP contribution in [0.5, 0.6) is 5.75 Å². The third kappa shape index (κ3) is 1.87. The van der Waals surface area contributed by atoms with Gasteiger partial charge in [0.05, 0.1) is 10.6 Å². The number of ether oxygens (including phenoxy) is 1. The van der Waals surface area contributed by atoms with Crippen LogP contribution in [0.15, 0.2) is 22.7 Å². The Balaban J connectivity index is 1.79. The second-order valence-electron chi connectivity index (χ2n) is 4.97. The Morgan fingerprint density at radius 3 is 2.56 bits per heavy atom. The maximum Gasteiger partial charge on any atom is 0.133 e. The fourth-order valence-electron chi connectivity index (χ4n) is 2.00. The van der Waals surface area contributed by atoms with Crippen molar-refractivity contribution in [3.8, 4) is 5.75 Å². The van der Waals surface area contributed by atoms with E-state index in [1.54, 1.807) is 0 Å². The third-order valence-corrected chi connectivity index (χ3v) is 4.26. The van der Waals surface area contributed by atoms with E-state index in [-0.39, 0.29) is 5.54 Å². The molecule has 2 aliphatic carbocycles. The van der Waals surface area contributed by atoms with Gasteiger partial charge in [-0.25, -0.2) is 0 Å². The van der Waals surface area contributed by atoms with Gasteiger partial charge in [-0.05, 0) is 65.7 Å². The third-order valence-electron chi connectivity index (χ3n) is 3.64. The summed E-state index contributed by atoms with van der Waals surface area (Å²) in [7, 11) is 0. The number of benzene rings is 1. The molecule has 0 atom stereocenters. The summed E-state index contributed by atoms with van der Waals surface area (Å²) < 4.78 is 6.92. The maximum atomic E-state index is 6.16. The zero-order chi connectivity index (χ0) is 11.2. The molecule has 0 unspecified atom stereocenters. The molecule has 0 aliphatic heterocycles. The van der Waals surface area contributed by atoms with Gasteiger partial charge >= 0.3 is 0 Å². The predicted molar refractivity (Wildman–Crippen MR) is 67.5 cm³/mol. The van der Waals surface area contributed by atoms with Crippen LogP contribution in [0.2, 0.25) is 0 Å². The van der Waals surface area contributed by atoms with E-state index in [1.165, 1.54) is 24.8 Å². The standard InChI is InChI=1S/C13H16BrNO/c14-11-8-9(13(15)6-7-13)4-5-12(11)16-10-2-1-3-10/h4-5,8,10H,1-3,6-7,15H2. The first-order valence-corrected chi connectivity index (χ1v) is 6.72. The van der Waals surface area contributed by atoms with Crippen LogP contribution in [0.25, 0.3) is 0 Å². The average Bonchev–Trinajstić information content (AvgIpc) is 2.93. The van der Waals surface area contributed by atoms with Gasteiger partial charge in [0.2, 0.25) is 0 Å². The highest BCUT2D eigenvalue weighted by Crippen LogP contribution is 2.44. The van der Waals surface area contributed by atoms with Crippen molar-refractivity contribution in [2.45, 2.75) is 43.7 Å². The van der Waals surface area contributed by atoms with E-state index in [0.29, 0.717) is 6.10 Å². The second-order valence-corrected chi connectivity index (χ2v) is 5.83. The van der Waals surface area contributed by atoms with Crippen molar-refractivity contribution >= 4 is 15.9 Å². The molecule has 3 heteroatoms. The van der Waals surface area contributed by atoms with Crippen LogP contribution in [0.3, 0.4) is 0 Å². The maximum absolute atomic E-state index is 6.16. The Bertz CT molecular complexity index is 410. The first-order valence-electron chi connectivity index (χ1n) is 5.93. The lowest BCUT2D eigenvalue weighted by Crippen LogP contribution is -2.25. The quantitative estimate of drug-likeness (QED) is 0.923. The summed E-state index contributed by atoms with van der Waals surface area (Å²) in [5.74, 6) is 0.956. The Hall–Kier alpha value is -0.540. The Morgan fingerprint density at radius 1 is 1.31 bits per heavy atom. The van der Waals surface area contributed by atoms with Crippen LogP contribution < -0.4 is 10.5 Å². The van der Waals surface area contributed by atoms with Crippen LogP contribution in [-0.2, 0) is 5.54 Å². The molecular weight excluding hydrogens is 266 g/mol. The van der Waals surface area contributed by atoms with Crippen molar-refractivity contribution < 1.29 is 4.74 Å². The van der Waals surface area contributed by atoms with Crippen molar-refractivity contribution in [2.24, 2.45) is 5.73 Å². The van der Waals surface area contributed by atoms with Gasteiger partial charge in [0, 0.05) is 5.54 Å². The van der Waals surface area contributed by atoms with E-state index in [4.69, 9.17) is 10.5 Å². The Kier molecular flexibility index (Phi) is 2.48. The lowest BCUT2D eigenvalue weighted by atomic mass is 9.96. The van der Waals surface area contributed by atoms with E-state index in [9.17, 15) is 0 Å². The highest BCUT2D eigenvalue weighted by molar-refractivity contribution is 9.10. The molecule has 2 N–H and O–H groups in total. The molecule has 0 heterocycles. The van der Waals surface area contributed by atoms with Gasteiger partial charge in [0.25, 0.3) is 0 Å². The highest BCUT2D eigenvalue weighted by Gasteiger charge is 2.40. The van der Waals surface area contributed by atoms with Crippen LogP contribution in [-0.4, -0.2) is 6.10 Å². The lowest BCUT2D eigenvalue weighted by molar-refractivity contribution is 0.119. The fraction of sp³-hybridized carbons (Fsp3) is 0.538. The first kappa shape index (κ1) is 10.6. The zero-order valence-corrected chi connectivity index (χ0v) is 10.8. The number of hydrogen-bond donors (Lipinski definition) is 1. The zero-order valence-electron chi connectivity index (χ0n) is 9.21. The summed E-state index contributed by atoms with van der Waals surface area (Å²) in [6, 6.07) is 6.26. The van der Waals surface area contributed by atoms with Gasteiger partial charge in [-0.2, -0.15) is 0 Å². The van der Waals surface area contributed by atoms with Gasteiger partial charge in [-0.15, -0.1) is 0 Å². The van der Waals surface area contributed by atoms with Crippen molar-refractivity contribution in [1.29, 1.82) is 0 Å². The van der Waals surface area contributed by atoms with Crippen molar-refractivity contribution in [3.05, 3.63) is 28.2 Å². The topological polar surface area (TPSA) is 35.2 Å². The summed E-state index contributed by atoms with van der Waals surface area (Å²) in [5, 5.41) is 0. The molecule has 0 spiro atoms. The molecule has 3 rings (SSSR count). The first-order chi connectivity index (χ1) is 7.67. The van der Waals surface area contributed by atoms with Gasteiger partial charge in [-0.1, -0.05) is 6.07 Å². The molecule has 0 radical (unpaired) electrons. The molecule has 0 amide bonds. The van der Waals surface area contributed by atoms with E-state index in [0.717, 1.165) is 23.1 Å². The molecular formula is C13H16BrNO. The molecule has 0 bridgehead atoms. The largest absolute Gasteiger partial charge is 0.489 e. The molecule has 2 fully saturated rings. The minimum atomic E-state index is -0.0580. The summed E-state index contributed by atoms with van der Waals surface area (Å²) in [6.07, 6.45) is 6.30. The molecule has 0 aromatic heterocycles. The van der Waals surface area contributed by atoms with E-state index in [2.05, 4.69) is 28.1 Å². The Morgan fingerprint density at radius 2 is 2.06 bits per heavy atom. The molecule has 16 heavy (non-hydrogen) atoms. The molecule has 1 aromatic rings. The van der Waals surface area contributed by atoms with Crippen molar-refractivity contribution in [3.63, 3.8) is 0 Å². The fourth-order valence-corrected chi connectivity index (χ4v) is 2.47. The van der Waals surface area contributed by atoms with Crippen LogP contribution in [0.4, 0.5) is 0 Å². The average molecular weight is 282 g/mol. The molecule has 2 nitrogen and oxygen atoms in total. The smallest absolute Gasteiger partial charge is 0.133 e. The molecule has 1 aromatic carbocycles. The lowest BCUT2D eigenvalue weighted by Gasteiger charge is -2.27. The molecule has 86 valence electrons. The molecule has 2 saturated carbocycles. The van der Waals surface area contributed by atoms with E-state index >= 15 is 0 Å². The van der Waals surface area contributed by atoms with E-state index in [1.807, 2.05) is 6.07 Å². The second kappa shape index (κ2) is 3.74. The number of hydrogen-bond acceptors (Lipinski definition) is 2. The summed E-state index contributed by atoms with van der Waals surface area (Å²) in [6.45, 7) is 0. The minimum absolute atomic E-state index is 0.0580. The summed E-state index contributed by atoms with van der Waals surface area (Å²) in [5.41, 5.74) is 7.33. The van der Waals surface area contributed by atoms with E-state index < -0.39 is 0 Å². The van der Waals surface area contributed by atoms with Crippen LogP contribution in [0.1, 0.15) is 37.7 Å². The van der Waals surface area contributed by atoms with Gasteiger partial charge in [0.1, 0.15) is 5.75 Å². The number of nitrogens with two attached hydrogens (primary N) is 1. The Labute approximate surface area is 104 Å². The number of rotatable bonds is 3. The van der Waals surface area contributed by atoms with Crippen molar-refractivity contribution in [2.75, 3.05) is 0 Å². The normalized spacial score (nSPS) is 22.6. The molecule has 0 saturated heterocycles. The number of halogens is 1. The molecule has 2 aliphatic rings. The highest BCUT2D eigenvalue weighted by atomic mass is 79.9. The van der Waals surface area contributed by atoms with Crippen LogP contribution >= 0.6 is 15.9 Å². The van der Waals surface area contributed by atoms with Gasteiger partial charge < -0.3 is 10.5 Å². The summed E-state index contributed by atoms with van der Waals surface area (Å²) in [4.78, 5) is 0. The van der Waals surface area contributed by atoms with Gasteiger partial charge in [-0.3, -0.25) is 0 Å². The SMILES string of the molecule is NC1(c2ccc(OC3CCC3)c(Br)c2)CC1. The monoisotopic (exact) mass is 281 g/mol. The minimum Gasteiger partial charge on any atom is -0.489 e. The predicted octanol–water partition coefficient (Wildman–Crippen LogP) is 3.33. The van der Waals surface area contributed by atoms with Crippen LogP contribution in [0, 0.1) is 0 Å². The van der Waals surface area contributed by atoms with Gasteiger partial charge in [0.15, 0.2) is 0 Å².